The lowest BCUT2D eigenvalue weighted by atomic mass is 10.1. The maximum atomic E-state index is 13.6. The molecule has 7 heteroatoms. The van der Waals surface area contributed by atoms with Crippen molar-refractivity contribution in [1.29, 1.82) is 0 Å². The summed E-state index contributed by atoms with van der Waals surface area (Å²) in [6.07, 6.45) is 2.00. The van der Waals surface area contributed by atoms with Crippen LogP contribution in [0.15, 0.2) is 18.3 Å². The highest BCUT2D eigenvalue weighted by molar-refractivity contribution is 6.32. The number of aromatic nitrogens is 2. The smallest absolute Gasteiger partial charge is 0.240 e. The van der Waals surface area contributed by atoms with Gasteiger partial charge in [-0.2, -0.15) is 4.98 Å². The van der Waals surface area contributed by atoms with Crippen LogP contribution in [0.2, 0.25) is 5.02 Å². The van der Waals surface area contributed by atoms with Crippen molar-refractivity contribution in [2.75, 3.05) is 5.73 Å². The van der Waals surface area contributed by atoms with Crippen molar-refractivity contribution < 1.29 is 13.5 Å². The van der Waals surface area contributed by atoms with E-state index in [4.69, 9.17) is 22.1 Å². The average Bonchev–Trinajstić information content (AvgIpc) is 2.36. The minimum absolute atomic E-state index is 0.00702. The first kappa shape index (κ1) is 15.4. The Morgan fingerprint density at radius 3 is 2.62 bits per heavy atom. The van der Waals surface area contributed by atoms with E-state index in [0.717, 1.165) is 6.07 Å². The summed E-state index contributed by atoms with van der Waals surface area (Å²) in [5.41, 5.74) is 6.42. The zero-order chi connectivity index (χ0) is 15.6. The van der Waals surface area contributed by atoms with Crippen LogP contribution in [-0.2, 0) is 6.42 Å². The summed E-state index contributed by atoms with van der Waals surface area (Å²) >= 11 is 5.74. The van der Waals surface area contributed by atoms with Crippen molar-refractivity contribution in [3.8, 4) is 11.6 Å². The maximum absolute atomic E-state index is 13.6. The van der Waals surface area contributed by atoms with E-state index in [9.17, 15) is 8.78 Å². The summed E-state index contributed by atoms with van der Waals surface area (Å²) in [4.78, 5) is 8.14. The van der Waals surface area contributed by atoms with E-state index in [1.807, 2.05) is 13.8 Å². The lowest BCUT2D eigenvalue weighted by Crippen LogP contribution is -2.05. The second-order valence-electron chi connectivity index (χ2n) is 4.94. The number of nitrogen functional groups attached to an aromatic ring is 1. The molecule has 0 aliphatic heterocycles. The highest BCUT2D eigenvalue weighted by atomic mass is 35.5. The zero-order valence-corrected chi connectivity index (χ0v) is 12.3. The van der Waals surface area contributed by atoms with Crippen molar-refractivity contribution >= 4 is 17.4 Å². The summed E-state index contributed by atoms with van der Waals surface area (Å²) in [5.74, 6) is -1.46. The Labute approximate surface area is 125 Å². The second-order valence-corrected chi connectivity index (χ2v) is 5.35. The molecule has 0 fully saturated rings. The first-order valence-corrected chi connectivity index (χ1v) is 6.68. The van der Waals surface area contributed by atoms with Gasteiger partial charge in [0, 0.05) is 6.07 Å². The lowest BCUT2D eigenvalue weighted by Gasteiger charge is -2.10. The molecule has 0 amide bonds. The summed E-state index contributed by atoms with van der Waals surface area (Å²) < 4.78 is 31.8. The van der Waals surface area contributed by atoms with Gasteiger partial charge < -0.3 is 10.5 Å². The molecule has 4 nitrogen and oxygen atoms in total. The molecule has 0 saturated heterocycles. The zero-order valence-electron chi connectivity index (χ0n) is 11.5. The van der Waals surface area contributed by atoms with Gasteiger partial charge in [0.15, 0.2) is 11.6 Å². The third-order valence-corrected chi connectivity index (χ3v) is 2.91. The van der Waals surface area contributed by atoms with Crippen LogP contribution in [-0.4, -0.2) is 9.97 Å². The Kier molecular flexibility index (Phi) is 4.57. The molecule has 0 unspecified atom stereocenters. The van der Waals surface area contributed by atoms with Gasteiger partial charge in [-0.3, -0.25) is 4.98 Å². The number of nitrogens with zero attached hydrogens (tertiary/aromatic N) is 2. The van der Waals surface area contributed by atoms with E-state index in [1.54, 1.807) is 0 Å². The molecule has 1 heterocycles. The third-order valence-electron chi connectivity index (χ3n) is 2.63. The molecule has 0 spiro atoms. The number of hydrogen-bond acceptors (Lipinski definition) is 4. The van der Waals surface area contributed by atoms with Crippen LogP contribution in [0, 0.1) is 17.6 Å². The molecule has 112 valence electrons. The maximum Gasteiger partial charge on any atom is 0.240 e. The standard InChI is InChI=1S/C14H14ClF2N3O/c1-7(2)3-11-14(18)20-12(6-19-11)21-13-9(15)4-8(16)5-10(13)17/h4-7H,3H2,1-2H3,(H2,18,20). The van der Waals surface area contributed by atoms with E-state index < -0.39 is 11.6 Å². The van der Waals surface area contributed by atoms with Gasteiger partial charge in [0.1, 0.15) is 11.6 Å². The summed E-state index contributed by atoms with van der Waals surface area (Å²) in [6, 6.07) is 1.62. The van der Waals surface area contributed by atoms with Crippen molar-refractivity contribution in [1.82, 2.24) is 9.97 Å². The Balaban J connectivity index is 2.27. The van der Waals surface area contributed by atoms with Crippen molar-refractivity contribution in [3.63, 3.8) is 0 Å². The molecular formula is C14H14ClF2N3O. The molecule has 0 saturated carbocycles. The van der Waals surface area contributed by atoms with E-state index >= 15 is 0 Å². The molecule has 0 atom stereocenters. The minimum atomic E-state index is -0.924. The molecule has 0 bridgehead atoms. The largest absolute Gasteiger partial charge is 0.433 e. The number of hydrogen-bond donors (Lipinski definition) is 1. The fourth-order valence-corrected chi connectivity index (χ4v) is 1.97. The monoisotopic (exact) mass is 313 g/mol. The van der Waals surface area contributed by atoms with Gasteiger partial charge >= 0.3 is 0 Å². The molecule has 21 heavy (non-hydrogen) atoms. The molecular weight excluding hydrogens is 300 g/mol. The first-order chi connectivity index (χ1) is 9.86. The predicted molar refractivity (Wildman–Crippen MR) is 76.4 cm³/mol. The van der Waals surface area contributed by atoms with Crippen LogP contribution >= 0.6 is 11.6 Å². The normalized spacial score (nSPS) is 11.0. The molecule has 0 aliphatic carbocycles. The van der Waals surface area contributed by atoms with E-state index in [2.05, 4.69) is 9.97 Å². The highest BCUT2D eigenvalue weighted by Gasteiger charge is 2.14. The Morgan fingerprint density at radius 2 is 2.05 bits per heavy atom. The lowest BCUT2D eigenvalue weighted by molar-refractivity contribution is 0.422. The third kappa shape index (κ3) is 3.78. The quantitative estimate of drug-likeness (QED) is 0.927. The number of nitrogens with two attached hydrogens (primary N) is 1. The Hall–Kier alpha value is -1.95. The number of ether oxygens (including phenoxy) is 1. The second kappa shape index (κ2) is 6.22. The summed E-state index contributed by atoms with van der Waals surface area (Å²) in [6.45, 7) is 4.05. The molecule has 2 rings (SSSR count). The van der Waals surface area contributed by atoms with Crippen molar-refractivity contribution in [2.24, 2.45) is 5.92 Å². The van der Waals surface area contributed by atoms with Crippen molar-refractivity contribution in [2.45, 2.75) is 20.3 Å². The van der Waals surface area contributed by atoms with Gasteiger partial charge in [-0.25, -0.2) is 8.78 Å². The van der Waals surface area contributed by atoms with Gasteiger partial charge in [0.05, 0.1) is 16.9 Å². The van der Waals surface area contributed by atoms with Crippen LogP contribution in [0.25, 0.3) is 0 Å². The average molecular weight is 314 g/mol. The SMILES string of the molecule is CC(C)Cc1ncc(Oc2c(F)cc(F)cc2Cl)nc1N. The molecule has 2 aromatic rings. The molecule has 0 radical (unpaired) electrons. The van der Waals surface area contributed by atoms with Gasteiger partial charge in [-0.05, 0) is 18.4 Å². The highest BCUT2D eigenvalue weighted by Crippen LogP contribution is 2.32. The number of anilines is 1. The van der Waals surface area contributed by atoms with Crippen LogP contribution in [0.1, 0.15) is 19.5 Å². The Morgan fingerprint density at radius 1 is 1.33 bits per heavy atom. The fourth-order valence-electron chi connectivity index (χ4n) is 1.74. The van der Waals surface area contributed by atoms with Crippen LogP contribution in [0.5, 0.6) is 11.6 Å². The minimum Gasteiger partial charge on any atom is -0.433 e. The topological polar surface area (TPSA) is 61.0 Å². The van der Waals surface area contributed by atoms with Gasteiger partial charge in [0.25, 0.3) is 0 Å². The Bertz CT molecular complexity index is 642. The van der Waals surface area contributed by atoms with Gasteiger partial charge in [0.2, 0.25) is 5.88 Å². The first-order valence-electron chi connectivity index (χ1n) is 6.30. The predicted octanol–water partition coefficient (Wildman–Crippen LogP) is 3.98. The van der Waals surface area contributed by atoms with E-state index in [0.29, 0.717) is 24.1 Å². The van der Waals surface area contributed by atoms with Crippen molar-refractivity contribution in [3.05, 3.63) is 40.7 Å². The molecule has 0 aliphatic rings. The van der Waals surface area contributed by atoms with Gasteiger partial charge in [-0.1, -0.05) is 25.4 Å². The van der Waals surface area contributed by atoms with Crippen LogP contribution < -0.4 is 10.5 Å². The number of rotatable bonds is 4. The van der Waals surface area contributed by atoms with Crippen LogP contribution in [0.4, 0.5) is 14.6 Å². The summed E-state index contributed by atoms with van der Waals surface area (Å²) in [5, 5.41) is -0.195. The molecule has 1 aromatic carbocycles. The van der Waals surface area contributed by atoms with E-state index in [-0.39, 0.29) is 22.5 Å². The number of halogens is 3. The fraction of sp³-hybridized carbons (Fsp3) is 0.286. The number of benzene rings is 1. The molecule has 1 aromatic heterocycles. The summed E-state index contributed by atoms with van der Waals surface area (Å²) in [7, 11) is 0. The van der Waals surface area contributed by atoms with Crippen LogP contribution in [0.3, 0.4) is 0 Å². The van der Waals surface area contributed by atoms with Gasteiger partial charge in [-0.15, -0.1) is 0 Å². The van der Waals surface area contributed by atoms with E-state index in [1.165, 1.54) is 6.20 Å². The molecule has 2 N–H and O–H groups in total.